The van der Waals surface area contributed by atoms with Crippen LogP contribution in [0, 0.1) is 21.4 Å². The molecule has 4 rings (SSSR count). The minimum Gasteiger partial charge on any atom is -0.493 e. The van der Waals surface area contributed by atoms with Crippen LogP contribution in [0.15, 0.2) is 88.9 Å². The number of nitrogens with one attached hydrogen (secondary N) is 1. The van der Waals surface area contributed by atoms with Crippen molar-refractivity contribution in [1.82, 2.24) is 0 Å². The Hall–Kier alpha value is -4.68. The largest absolute Gasteiger partial charge is 0.493 e. The third-order valence-electron chi connectivity index (χ3n) is 5.44. The van der Waals surface area contributed by atoms with Crippen LogP contribution in [-0.2, 0) is 11.4 Å². The van der Waals surface area contributed by atoms with Crippen molar-refractivity contribution in [3.63, 3.8) is 0 Å². The first kappa shape index (κ1) is 25.4. The SMILES string of the molecule is COc1cc(/C=C(\C#N)C(=O)Nc2cccc([N+](=O)[O-])c2)cc(Br)c1OCc1ccc2ccccc2c1. The summed E-state index contributed by atoms with van der Waals surface area (Å²) in [7, 11) is 1.50. The molecule has 0 fully saturated rings. The molecule has 0 saturated heterocycles. The highest BCUT2D eigenvalue weighted by molar-refractivity contribution is 9.10. The Balaban J connectivity index is 1.53. The maximum absolute atomic E-state index is 12.6. The molecule has 0 spiro atoms. The lowest BCUT2D eigenvalue weighted by Crippen LogP contribution is -2.13. The van der Waals surface area contributed by atoms with Gasteiger partial charge in [0.1, 0.15) is 18.2 Å². The van der Waals surface area contributed by atoms with Gasteiger partial charge in [0.2, 0.25) is 0 Å². The number of non-ortho nitro benzene ring substituents is 1. The number of ether oxygens (including phenoxy) is 2. The standard InChI is InChI=1S/C28H20BrN3O5/c1-36-26-14-19(12-22(16-30)28(33)31-23-7-4-8-24(15-23)32(34)35)13-25(29)27(26)37-17-18-9-10-20-5-2-3-6-21(20)11-18/h2-15H,17H2,1H3,(H,31,33)/b22-12+. The van der Waals surface area contributed by atoms with Crippen molar-refractivity contribution in [3.8, 4) is 17.6 Å². The Morgan fingerprint density at radius 1 is 1.08 bits per heavy atom. The molecule has 0 radical (unpaired) electrons. The molecule has 4 aromatic carbocycles. The lowest BCUT2D eigenvalue weighted by molar-refractivity contribution is -0.384. The Bertz CT molecular complexity index is 1580. The topological polar surface area (TPSA) is 114 Å². The highest BCUT2D eigenvalue weighted by atomic mass is 79.9. The summed E-state index contributed by atoms with van der Waals surface area (Å²) in [6, 6.07) is 24.9. The van der Waals surface area contributed by atoms with Crippen LogP contribution in [0.25, 0.3) is 16.8 Å². The fraction of sp³-hybridized carbons (Fsp3) is 0.0714. The van der Waals surface area contributed by atoms with E-state index in [1.807, 2.05) is 42.5 Å². The number of rotatable bonds is 8. The molecule has 0 aromatic heterocycles. The second kappa shape index (κ2) is 11.4. The molecule has 0 heterocycles. The number of carbonyl (C=O) groups is 1. The maximum atomic E-state index is 12.6. The van der Waals surface area contributed by atoms with Crippen LogP contribution in [0.5, 0.6) is 11.5 Å². The van der Waals surface area contributed by atoms with Gasteiger partial charge in [0.05, 0.1) is 16.5 Å². The van der Waals surface area contributed by atoms with Gasteiger partial charge in [0.15, 0.2) is 11.5 Å². The molecule has 184 valence electrons. The summed E-state index contributed by atoms with van der Waals surface area (Å²) < 4.78 is 12.1. The van der Waals surface area contributed by atoms with Gasteiger partial charge in [-0.3, -0.25) is 14.9 Å². The molecule has 1 amide bonds. The zero-order valence-electron chi connectivity index (χ0n) is 19.6. The van der Waals surface area contributed by atoms with Crippen molar-refractivity contribution in [2.75, 3.05) is 12.4 Å². The van der Waals surface area contributed by atoms with Crippen molar-refractivity contribution < 1.29 is 19.2 Å². The van der Waals surface area contributed by atoms with Gasteiger partial charge in [0.25, 0.3) is 11.6 Å². The zero-order chi connectivity index (χ0) is 26.4. The summed E-state index contributed by atoms with van der Waals surface area (Å²) in [5.74, 6) is 0.194. The van der Waals surface area contributed by atoms with E-state index in [1.54, 1.807) is 12.1 Å². The molecule has 0 aliphatic heterocycles. The van der Waals surface area contributed by atoms with E-state index in [-0.39, 0.29) is 16.9 Å². The van der Waals surface area contributed by atoms with E-state index in [0.29, 0.717) is 28.1 Å². The first-order valence-corrected chi connectivity index (χ1v) is 11.8. The smallest absolute Gasteiger partial charge is 0.271 e. The second-order valence-corrected chi connectivity index (χ2v) is 8.79. The predicted octanol–water partition coefficient (Wildman–Crippen LogP) is 6.64. The van der Waals surface area contributed by atoms with Crippen LogP contribution in [0.3, 0.4) is 0 Å². The van der Waals surface area contributed by atoms with Crippen molar-refractivity contribution in [1.29, 1.82) is 5.26 Å². The fourth-order valence-electron chi connectivity index (χ4n) is 3.66. The van der Waals surface area contributed by atoms with Crippen molar-refractivity contribution >= 4 is 50.1 Å². The first-order valence-electron chi connectivity index (χ1n) is 11.0. The lowest BCUT2D eigenvalue weighted by Gasteiger charge is -2.14. The van der Waals surface area contributed by atoms with Crippen LogP contribution in [-0.4, -0.2) is 17.9 Å². The lowest BCUT2D eigenvalue weighted by atomic mass is 10.1. The molecule has 0 aliphatic rings. The number of anilines is 1. The van der Waals surface area contributed by atoms with E-state index in [4.69, 9.17) is 9.47 Å². The van der Waals surface area contributed by atoms with E-state index in [1.165, 1.54) is 37.5 Å². The molecule has 8 nitrogen and oxygen atoms in total. The number of hydrogen-bond donors (Lipinski definition) is 1. The van der Waals surface area contributed by atoms with Gasteiger partial charge >= 0.3 is 0 Å². The van der Waals surface area contributed by atoms with Gasteiger partial charge < -0.3 is 14.8 Å². The minimum absolute atomic E-state index is 0.173. The van der Waals surface area contributed by atoms with Gasteiger partial charge in [-0.2, -0.15) is 5.26 Å². The van der Waals surface area contributed by atoms with E-state index < -0.39 is 10.8 Å². The monoisotopic (exact) mass is 557 g/mol. The van der Waals surface area contributed by atoms with Crippen molar-refractivity contribution in [3.05, 3.63) is 110 Å². The Morgan fingerprint density at radius 2 is 1.86 bits per heavy atom. The number of halogens is 1. The third kappa shape index (κ3) is 6.12. The summed E-state index contributed by atoms with van der Waals surface area (Å²) in [5.41, 5.74) is 1.35. The fourth-order valence-corrected chi connectivity index (χ4v) is 4.23. The molecule has 0 unspecified atom stereocenters. The molecule has 0 aliphatic carbocycles. The minimum atomic E-state index is -0.699. The normalized spacial score (nSPS) is 11.0. The molecule has 1 N–H and O–H groups in total. The molecule has 0 bridgehead atoms. The number of nitriles is 1. The van der Waals surface area contributed by atoms with Crippen LogP contribution < -0.4 is 14.8 Å². The number of hydrogen-bond acceptors (Lipinski definition) is 6. The average Bonchev–Trinajstić information content (AvgIpc) is 2.90. The quantitative estimate of drug-likeness (QED) is 0.112. The predicted molar refractivity (Wildman–Crippen MR) is 144 cm³/mol. The highest BCUT2D eigenvalue weighted by Gasteiger charge is 2.15. The number of carbonyl (C=O) groups excluding carboxylic acids is 1. The van der Waals surface area contributed by atoms with Crippen LogP contribution in [0.1, 0.15) is 11.1 Å². The van der Waals surface area contributed by atoms with Gasteiger partial charge in [-0.15, -0.1) is 0 Å². The van der Waals surface area contributed by atoms with Gasteiger partial charge in [0, 0.05) is 17.8 Å². The van der Waals surface area contributed by atoms with Crippen molar-refractivity contribution in [2.24, 2.45) is 0 Å². The molecular weight excluding hydrogens is 538 g/mol. The molecule has 0 saturated carbocycles. The summed E-state index contributed by atoms with van der Waals surface area (Å²) >= 11 is 3.49. The first-order chi connectivity index (χ1) is 17.9. The van der Waals surface area contributed by atoms with Crippen LogP contribution >= 0.6 is 15.9 Å². The van der Waals surface area contributed by atoms with Gasteiger partial charge in [-0.1, -0.05) is 42.5 Å². The Kier molecular flexibility index (Phi) is 7.81. The third-order valence-corrected chi connectivity index (χ3v) is 6.03. The van der Waals surface area contributed by atoms with E-state index in [0.717, 1.165) is 16.3 Å². The van der Waals surface area contributed by atoms with E-state index in [2.05, 4.69) is 27.3 Å². The van der Waals surface area contributed by atoms with Gasteiger partial charge in [-0.05, 0) is 68.2 Å². The number of nitro groups is 1. The average molecular weight is 558 g/mol. The highest BCUT2D eigenvalue weighted by Crippen LogP contribution is 2.38. The summed E-state index contributed by atoms with van der Waals surface area (Å²) in [6.07, 6.45) is 1.40. The molecule has 4 aromatic rings. The van der Waals surface area contributed by atoms with E-state index >= 15 is 0 Å². The maximum Gasteiger partial charge on any atom is 0.271 e. The molecule has 0 atom stereocenters. The summed E-state index contributed by atoms with van der Waals surface area (Å²) in [5, 5.41) is 25.3. The van der Waals surface area contributed by atoms with Gasteiger partial charge in [-0.25, -0.2) is 0 Å². The summed E-state index contributed by atoms with van der Waals surface area (Å²) in [6.45, 7) is 0.310. The zero-order valence-corrected chi connectivity index (χ0v) is 21.2. The molecular formula is C28H20BrN3O5. The second-order valence-electron chi connectivity index (χ2n) is 7.94. The number of methoxy groups -OCH3 is 1. The number of fused-ring (bicyclic) bond motifs is 1. The Labute approximate surface area is 221 Å². The van der Waals surface area contributed by atoms with Crippen molar-refractivity contribution in [2.45, 2.75) is 6.61 Å². The number of amides is 1. The van der Waals surface area contributed by atoms with Crippen LogP contribution in [0.4, 0.5) is 11.4 Å². The Morgan fingerprint density at radius 3 is 2.59 bits per heavy atom. The molecule has 9 heteroatoms. The number of benzene rings is 4. The summed E-state index contributed by atoms with van der Waals surface area (Å²) in [4.78, 5) is 23.1. The number of nitro benzene ring substituents is 1. The van der Waals surface area contributed by atoms with E-state index in [9.17, 15) is 20.2 Å². The number of nitrogens with zero attached hydrogens (tertiary/aromatic N) is 2. The van der Waals surface area contributed by atoms with Crippen LogP contribution in [0.2, 0.25) is 0 Å². The molecule has 37 heavy (non-hydrogen) atoms.